The van der Waals surface area contributed by atoms with Crippen LogP contribution in [0.1, 0.15) is 86.0 Å². The highest BCUT2D eigenvalue weighted by Crippen LogP contribution is 2.54. The van der Waals surface area contributed by atoms with Crippen LogP contribution in [-0.4, -0.2) is 8.07 Å². The fourth-order valence-electron chi connectivity index (χ4n) is 7.80. The predicted molar refractivity (Wildman–Crippen MR) is 187 cm³/mol. The first-order valence-electron chi connectivity index (χ1n) is 15.8. The molecule has 2 aliphatic carbocycles. The van der Waals surface area contributed by atoms with Gasteiger partial charge in [-0.15, -0.1) is 0 Å². The predicted octanol–water partition coefficient (Wildman–Crippen LogP) is 9.55. The Morgan fingerprint density at radius 1 is 0.488 bits per heavy atom. The third kappa shape index (κ3) is 4.40. The van der Waals surface area contributed by atoms with Crippen molar-refractivity contribution < 1.29 is 0 Å². The third-order valence-corrected chi connectivity index (χ3v) is 15.6. The fourth-order valence-corrected chi connectivity index (χ4v) is 14.0. The van der Waals surface area contributed by atoms with Crippen molar-refractivity contribution in [2.45, 2.75) is 63.5 Å². The summed E-state index contributed by atoms with van der Waals surface area (Å²) < 4.78 is 0. The van der Waals surface area contributed by atoms with Gasteiger partial charge in [0.2, 0.25) is 0 Å². The Balaban J connectivity index is 1.65. The molecule has 0 saturated heterocycles. The normalized spacial score (nSPS) is 16.2. The molecule has 1 heteroatoms. The number of allylic oxidation sites excluding steroid dienone is 1. The van der Waals surface area contributed by atoms with Crippen LogP contribution in [0.2, 0.25) is 0 Å². The van der Waals surface area contributed by atoms with Crippen molar-refractivity contribution in [1.29, 1.82) is 0 Å². The lowest BCUT2D eigenvalue weighted by Crippen LogP contribution is -2.66. The lowest BCUT2D eigenvalue weighted by molar-refractivity contribution is 0.589. The molecule has 5 aromatic rings. The van der Waals surface area contributed by atoms with Crippen LogP contribution in [0.5, 0.6) is 0 Å². The zero-order valence-electron chi connectivity index (χ0n) is 26.4. The summed E-state index contributed by atoms with van der Waals surface area (Å²) >= 11 is 0. The van der Waals surface area contributed by atoms with E-state index >= 15 is 0 Å². The molecule has 43 heavy (non-hydrogen) atoms. The monoisotopic (exact) mass is 574 g/mol. The van der Waals surface area contributed by atoms with Gasteiger partial charge >= 0.3 is 0 Å². The van der Waals surface area contributed by atoms with E-state index < -0.39 is 8.07 Å². The largest absolute Gasteiger partial charge is 0.140 e. The summed E-state index contributed by atoms with van der Waals surface area (Å²) in [4.78, 5) is 0. The maximum absolute atomic E-state index is 2.69. The molecule has 0 nitrogen and oxygen atoms in total. The van der Waals surface area contributed by atoms with E-state index in [-0.39, 0.29) is 16.4 Å². The molecule has 0 radical (unpaired) electrons. The van der Waals surface area contributed by atoms with Gasteiger partial charge in [0.1, 0.15) is 8.07 Å². The standard InChI is InChI=1S/C42H42Si/c1-41(2,3)30-22-24-35-36-25-23-31(42(4,5)6)28-38(36)40(37(35)27-30)43(32-16-9-7-10-17-32,33-18-11-8-12-19-33)39-26-21-29-15-13-14-20-34(29)39/h7-28,39-40H,1-6H3. The first-order chi connectivity index (χ1) is 20.6. The quantitative estimate of drug-likeness (QED) is 0.188. The highest BCUT2D eigenvalue weighted by atomic mass is 28.3. The Kier molecular flexibility index (Phi) is 6.52. The van der Waals surface area contributed by atoms with E-state index in [1.54, 1.807) is 0 Å². The number of hydrogen-bond acceptors (Lipinski definition) is 0. The molecule has 1 unspecified atom stereocenters. The average Bonchev–Trinajstić information content (AvgIpc) is 3.58. The lowest BCUT2D eigenvalue weighted by Gasteiger charge is -2.44. The van der Waals surface area contributed by atoms with Crippen LogP contribution < -0.4 is 10.4 Å². The van der Waals surface area contributed by atoms with Gasteiger partial charge in [0.25, 0.3) is 0 Å². The van der Waals surface area contributed by atoms with Crippen LogP contribution in [0, 0.1) is 0 Å². The summed E-state index contributed by atoms with van der Waals surface area (Å²) in [5.41, 5.74) is 12.2. The van der Waals surface area contributed by atoms with E-state index in [2.05, 4.69) is 175 Å². The van der Waals surface area contributed by atoms with Crippen molar-refractivity contribution >= 4 is 24.5 Å². The van der Waals surface area contributed by atoms with Crippen LogP contribution in [0.25, 0.3) is 17.2 Å². The fraction of sp³-hybridized carbons (Fsp3) is 0.238. The van der Waals surface area contributed by atoms with Gasteiger partial charge in [0.15, 0.2) is 0 Å². The van der Waals surface area contributed by atoms with E-state index in [9.17, 15) is 0 Å². The molecular formula is C42H42Si. The Bertz CT molecular complexity index is 1730. The first-order valence-corrected chi connectivity index (χ1v) is 17.9. The van der Waals surface area contributed by atoms with Crippen molar-refractivity contribution in [3.8, 4) is 11.1 Å². The molecule has 214 valence electrons. The summed E-state index contributed by atoms with van der Waals surface area (Å²) in [5, 5.41) is 3.00. The van der Waals surface area contributed by atoms with Crippen molar-refractivity contribution in [2.75, 3.05) is 0 Å². The third-order valence-electron chi connectivity index (χ3n) is 10.00. The zero-order valence-corrected chi connectivity index (χ0v) is 27.4. The van der Waals surface area contributed by atoms with E-state index in [1.807, 2.05) is 0 Å². The highest BCUT2D eigenvalue weighted by Gasteiger charge is 2.55. The maximum Gasteiger partial charge on any atom is 0.140 e. The molecule has 7 rings (SSSR count). The van der Waals surface area contributed by atoms with Gasteiger partial charge in [-0.2, -0.15) is 0 Å². The zero-order chi connectivity index (χ0) is 30.0. The SMILES string of the molecule is CC(C)(C)c1ccc2c(c1)C([Si](c1ccccc1)(c1ccccc1)C1C=Cc3ccccc31)c1cc(C(C)(C)C)ccc1-2. The van der Waals surface area contributed by atoms with Crippen LogP contribution in [0.4, 0.5) is 0 Å². The molecule has 0 bridgehead atoms. The summed E-state index contributed by atoms with van der Waals surface area (Å²) in [7, 11) is -2.69. The molecule has 0 saturated carbocycles. The molecular weight excluding hydrogens is 533 g/mol. The summed E-state index contributed by atoms with van der Waals surface area (Å²) in [6.45, 7) is 14.1. The average molecular weight is 575 g/mol. The summed E-state index contributed by atoms with van der Waals surface area (Å²) in [6.07, 6.45) is 4.94. The van der Waals surface area contributed by atoms with Crippen LogP contribution in [0.15, 0.2) is 127 Å². The van der Waals surface area contributed by atoms with Gasteiger partial charge in [-0.3, -0.25) is 0 Å². The van der Waals surface area contributed by atoms with Crippen LogP contribution in [0.3, 0.4) is 0 Å². The Morgan fingerprint density at radius 2 is 0.953 bits per heavy atom. The van der Waals surface area contributed by atoms with Gasteiger partial charge in [0.05, 0.1) is 0 Å². The Morgan fingerprint density at radius 3 is 1.44 bits per heavy atom. The van der Waals surface area contributed by atoms with E-state index in [1.165, 1.54) is 54.9 Å². The Labute approximate surface area is 259 Å². The number of fused-ring (bicyclic) bond motifs is 4. The van der Waals surface area contributed by atoms with Gasteiger partial charge in [0, 0.05) is 11.1 Å². The van der Waals surface area contributed by atoms with E-state index in [0.717, 1.165) is 0 Å². The highest BCUT2D eigenvalue weighted by molar-refractivity contribution is 7.05. The van der Waals surface area contributed by atoms with Crippen molar-refractivity contribution in [2.24, 2.45) is 0 Å². The number of benzene rings is 5. The maximum atomic E-state index is 2.58. The van der Waals surface area contributed by atoms with Gasteiger partial charge < -0.3 is 0 Å². The van der Waals surface area contributed by atoms with E-state index in [0.29, 0.717) is 5.54 Å². The second kappa shape index (κ2) is 10.1. The van der Waals surface area contributed by atoms with Crippen molar-refractivity contribution in [3.63, 3.8) is 0 Å². The second-order valence-corrected chi connectivity index (χ2v) is 18.7. The van der Waals surface area contributed by atoms with Gasteiger partial charge in [-0.1, -0.05) is 185 Å². The lowest BCUT2D eigenvalue weighted by atomic mass is 9.85. The minimum atomic E-state index is -2.69. The van der Waals surface area contributed by atoms with Crippen molar-refractivity contribution in [3.05, 3.63) is 161 Å². The van der Waals surface area contributed by atoms with Crippen LogP contribution >= 0.6 is 0 Å². The molecule has 0 heterocycles. The van der Waals surface area contributed by atoms with Crippen LogP contribution in [-0.2, 0) is 10.8 Å². The molecule has 1 atom stereocenters. The molecule has 2 aliphatic rings. The number of rotatable bonds is 4. The summed E-state index contributed by atoms with van der Waals surface area (Å²) in [6, 6.07) is 47.0. The molecule has 0 N–H and O–H groups in total. The summed E-state index contributed by atoms with van der Waals surface area (Å²) in [5.74, 6) is 0. The molecule has 5 aromatic carbocycles. The molecule has 0 aliphatic heterocycles. The van der Waals surface area contributed by atoms with E-state index in [4.69, 9.17) is 0 Å². The molecule has 0 aromatic heterocycles. The number of hydrogen-bond donors (Lipinski definition) is 0. The minimum absolute atomic E-state index is 0.0640. The topological polar surface area (TPSA) is 0 Å². The second-order valence-electron chi connectivity index (χ2n) is 14.6. The van der Waals surface area contributed by atoms with Gasteiger partial charge in [-0.05, 0) is 55.3 Å². The Hall–Kier alpha value is -3.94. The molecule has 0 fully saturated rings. The minimum Gasteiger partial charge on any atom is -0.0784 e. The molecule has 0 spiro atoms. The van der Waals surface area contributed by atoms with Gasteiger partial charge in [-0.25, -0.2) is 0 Å². The van der Waals surface area contributed by atoms with Crippen molar-refractivity contribution in [1.82, 2.24) is 0 Å². The molecule has 0 amide bonds. The smallest absolute Gasteiger partial charge is 0.0784 e. The first kappa shape index (κ1) is 27.9.